The number of nitrogens with zero attached hydrogens (tertiary/aromatic N) is 1. The van der Waals surface area contributed by atoms with Crippen molar-refractivity contribution >= 4 is 27.0 Å². The number of hydrogen-bond donors (Lipinski definition) is 3. The van der Waals surface area contributed by atoms with Gasteiger partial charge < -0.3 is 10.8 Å². The number of sulfonamides is 1. The Balaban J connectivity index is 2.04. The Morgan fingerprint density at radius 3 is 2.52 bits per heavy atom. The maximum Gasteiger partial charge on any atom is 0.250 e. The fourth-order valence-electron chi connectivity index (χ4n) is 1.62. The second kappa shape index (κ2) is 6.24. The van der Waals surface area contributed by atoms with E-state index in [0.29, 0.717) is 16.1 Å². The van der Waals surface area contributed by atoms with Gasteiger partial charge in [-0.1, -0.05) is 12.1 Å². The van der Waals surface area contributed by atoms with Crippen molar-refractivity contribution in [2.24, 2.45) is 0 Å². The lowest BCUT2D eigenvalue weighted by Gasteiger charge is -2.12. The van der Waals surface area contributed by atoms with Gasteiger partial charge in [0.25, 0.3) is 0 Å². The lowest BCUT2D eigenvalue weighted by atomic mass is 10.1. The van der Waals surface area contributed by atoms with Gasteiger partial charge in [0.05, 0.1) is 6.10 Å². The molecule has 1 heterocycles. The first-order valence-electron chi connectivity index (χ1n) is 5.95. The molecule has 110 valence electrons. The molecule has 4 N–H and O–H groups in total. The largest absolute Gasteiger partial charge is 0.399 e. The second-order valence-corrected chi connectivity index (χ2v) is 7.34. The maximum atomic E-state index is 12.0. The summed E-state index contributed by atoms with van der Waals surface area (Å²) in [7, 11) is -3.73. The van der Waals surface area contributed by atoms with Gasteiger partial charge in [0.15, 0.2) is 0 Å². The van der Waals surface area contributed by atoms with Crippen molar-refractivity contribution in [1.29, 1.82) is 5.26 Å². The van der Waals surface area contributed by atoms with Crippen LogP contribution >= 0.6 is 11.3 Å². The van der Waals surface area contributed by atoms with Crippen molar-refractivity contribution in [3.63, 3.8) is 0 Å². The highest BCUT2D eigenvalue weighted by Gasteiger charge is 2.18. The molecule has 1 atom stereocenters. The second-order valence-electron chi connectivity index (χ2n) is 4.26. The van der Waals surface area contributed by atoms with Crippen LogP contribution in [0.2, 0.25) is 0 Å². The highest BCUT2D eigenvalue weighted by Crippen LogP contribution is 2.21. The Kier molecular flexibility index (Phi) is 4.59. The fraction of sp³-hybridized carbons (Fsp3) is 0.154. The maximum absolute atomic E-state index is 12.0. The van der Waals surface area contributed by atoms with Crippen molar-refractivity contribution in [3.8, 4) is 6.07 Å². The monoisotopic (exact) mass is 323 g/mol. The topological polar surface area (TPSA) is 116 Å². The molecular formula is C13H13N3O3S2. The summed E-state index contributed by atoms with van der Waals surface area (Å²) in [5, 5.41) is 18.7. The van der Waals surface area contributed by atoms with Crippen molar-refractivity contribution < 1.29 is 13.5 Å². The molecule has 1 unspecified atom stereocenters. The summed E-state index contributed by atoms with van der Waals surface area (Å²) in [5.74, 6) is 0. The Labute approximate surface area is 126 Å². The van der Waals surface area contributed by atoms with Gasteiger partial charge in [-0.3, -0.25) is 0 Å². The molecule has 8 heteroatoms. The number of hydrogen-bond acceptors (Lipinski definition) is 6. The number of aliphatic hydroxyl groups excluding tert-OH is 1. The number of thiophene rings is 1. The Bertz CT molecular complexity index is 761. The lowest BCUT2D eigenvalue weighted by molar-refractivity contribution is 0.182. The first kappa shape index (κ1) is 15.5. The molecule has 2 aromatic rings. The predicted molar refractivity (Wildman–Crippen MR) is 80.0 cm³/mol. The van der Waals surface area contributed by atoms with E-state index in [1.165, 1.54) is 12.1 Å². The molecule has 1 aromatic heterocycles. The Morgan fingerprint density at radius 2 is 1.95 bits per heavy atom. The van der Waals surface area contributed by atoms with Crippen LogP contribution in [-0.2, 0) is 10.0 Å². The SMILES string of the molecule is N#Cc1ccc(S(=O)(=O)NCC(O)c2ccc(N)cc2)s1. The molecule has 2 rings (SSSR count). The highest BCUT2D eigenvalue weighted by molar-refractivity contribution is 7.91. The summed E-state index contributed by atoms with van der Waals surface area (Å²) in [5.41, 5.74) is 6.67. The minimum Gasteiger partial charge on any atom is -0.399 e. The van der Waals surface area contributed by atoms with Gasteiger partial charge in [-0.05, 0) is 29.8 Å². The summed E-state index contributed by atoms with van der Waals surface area (Å²) in [6.07, 6.45) is -0.976. The zero-order valence-corrected chi connectivity index (χ0v) is 12.5. The first-order valence-corrected chi connectivity index (χ1v) is 8.25. The highest BCUT2D eigenvalue weighted by atomic mass is 32.2. The molecule has 0 spiro atoms. The van der Waals surface area contributed by atoms with Crippen LogP contribution in [0, 0.1) is 11.3 Å². The number of nitriles is 1. The third-order valence-corrected chi connectivity index (χ3v) is 5.65. The molecular weight excluding hydrogens is 310 g/mol. The molecule has 0 aliphatic carbocycles. The van der Waals surface area contributed by atoms with E-state index in [9.17, 15) is 13.5 Å². The van der Waals surface area contributed by atoms with E-state index in [2.05, 4.69) is 4.72 Å². The number of aliphatic hydroxyl groups is 1. The van der Waals surface area contributed by atoms with Crippen molar-refractivity contribution in [3.05, 3.63) is 46.8 Å². The van der Waals surface area contributed by atoms with Crippen LogP contribution in [0.5, 0.6) is 0 Å². The van der Waals surface area contributed by atoms with Gasteiger partial charge in [0, 0.05) is 12.2 Å². The van der Waals surface area contributed by atoms with Crippen LogP contribution < -0.4 is 10.5 Å². The van der Waals surface area contributed by atoms with Gasteiger partial charge in [0.1, 0.15) is 15.2 Å². The molecule has 0 saturated heterocycles. The molecule has 0 bridgehead atoms. The van der Waals surface area contributed by atoms with Crippen LogP contribution in [0.4, 0.5) is 5.69 Å². The van der Waals surface area contributed by atoms with Gasteiger partial charge >= 0.3 is 0 Å². The minimum atomic E-state index is -3.73. The van der Waals surface area contributed by atoms with Crippen LogP contribution in [0.15, 0.2) is 40.6 Å². The number of benzene rings is 1. The van der Waals surface area contributed by atoms with Gasteiger partial charge in [-0.2, -0.15) is 5.26 Å². The zero-order chi connectivity index (χ0) is 15.5. The standard InChI is InChI=1S/C13H13N3O3S2/c14-7-11-5-6-13(20-11)21(18,19)16-8-12(17)9-1-3-10(15)4-2-9/h1-6,12,16-17H,8,15H2. The van der Waals surface area contributed by atoms with Crippen molar-refractivity contribution in [1.82, 2.24) is 4.72 Å². The molecule has 0 amide bonds. The lowest BCUT2D eigenvalue weighted by Crippen LogP contribution is -2.28. The van der Waals surface area contributed by atoms with E-state index in [4.69, 9.17) is 11.0 Å². The van der Waals surface area contributed by atoms with Crippen molar-refractivity contribution in [2.45, 2.75) is 10.3 Å². The summed E-state index contributed by atoms with van der Waals surface area (Å²) in [4.78, 5) is 0.314. The average Bonchev–Trinajstić information content (AvgIpc) is 2.95. The first-order chi connectivity index (χ1) is 9.92. The van der Waals surface area contributed by atoms with E-state index < -0.39 is 16.1 Å². The quantitative estimate of drug-likeness (QED) is 0.715. The zero-order valence-electron chi connectivity index (χ0n) is 10.9. The van der Waals surface area contributed by atoms with E-state index in [0.717, 1.165) is 11.3 Å². The summed E-state index contributed by atoms with van der Waals surface area (Å²) in [6.45, 7) is -0.161. The van der Waals surface area contributed by atoms with Crippen LogP contribution in [0.1, 0.15) is 16.5 Å². The predicted octanol–water partition coefficient (Wildman–Crippen LogP) is 1.21. The molecule has 1 aromatic carbocycles. The minimum absolute atomic E-state index is 0.0450. The molecule has 0 aliphatic rings. The summed E-state index contributed by atoms with van der Waals surface area (Å²) < 4.78 is 26.4. The van der Waals surface area contributed by atoms with E-state index in [1.54, 1.807) is 24.3 Å². The number of nitrogens with two attached hydrogens (primary N) is 1. The number of anilines is 1. The molecule has 21 heavy (non-hydrogen) atoms. The third-order valence-electron chi connectivity index (χ3n) is 2.74. The van der Waals surface area contributed by atoms with Crippen LogP contribution in [0.3, 0.4) is 0 Å². The number of nitrogens with one attached hydrogen (secondary N) is 1. The smallest absolute Gasteiger partial charge is 0.250 e. The number of rotatable bonds is 5. The van der Waals surface area contributed by atoms with Crippen LogP contribution in [-0.4, -0.2) is 20.1 Å². The third kappa shape index (κ3) is 3.80. The molecule has 0 aliphatic heterocycles. The van der Waals surface area contributed by atoms with Gasteiger partial charge in [-0.25, -0.2) is 13.1 Å². The Morgan fingerprint density at radius 1 is 1.29 bits per heavy atom. The fourth-order valence-corrected chi connectivity index (χ4v) is 3.81. The normalized spacial score (nSPS) is 12.8. The number of nitrogen functional groups attached to an aromatic ring is 1. The molecule has 0 radical (unpaired) electrons. The molecule has 6 nitrogen and oxygen atoms in total. The average molecular weight is 323 g/mol. The van der Waals surface area contributed by atoms with Gasteiger partial charge in [0.2, 0.25) is 10.0 Å². The summed E-state index contributed by atoms with van der Waals surface area (Å²) >= 11 is 0.880. The Hall–Kier alpha value is -1.92. The van der Waals surface area contributed by atoms with E-state index >= 15 is 0 Å². The van der Waals surface area contributed by atoms with Gasteiger partial charge in [-0.15, -0.1) is 11.3 Å². The van der Waals surface area contributed by atoms with E-state index in [-0.39, 0.29) is 10.8 Å². The summed E-state index contributed by atoms with van der Waals surface area (Å²) in [6, 6.07) is 11.2. The van der Waals surface area contributed by atoms with Crippen molar-refractivity contribution in [2.75, 3.05) is 12.3 Å². The van der Waals surface area contributed by atoms with E-state index in [1.807, 2.05) is 6.07 Å². The van der Waals surface area contributed by atoms with Crippen LogP contribution in [0.25, 0.3) is 0 Å². The molecule has 0 fully saturated rings. The molecule has 0 saturated carbocycles.